The van der Waals surface area contributed by atoms with Crippen LogP contribution in [0.15, 0.2) is 59.8 Å². The molecular weight excluding hydrogens is 346 g/mol. The lowest BCUT2D eigenvalue weighted by atomic mass is 10.2. The van der Waals surface area contributed by atoms with Gasteiger partial charge in [0.05, 0.1) is 16.9 Å². The number of benzene rings is 2. The summed E-state index contributed by atoms with van der Waals surface area (Å²) in [6.45, 7) is 1.81. The number of hydrogen-bond donors (Lipinski definition) is 1. The van der Waals surface area contributed by atoms with E-state index in [9.17, 15) is 4.79 Å². The third kappa shape index (κ3) is 3.92. The molecule has 26 heavy (non-hydrogen) atoms. The zero-order chi connectivity index (χ0) is 18.5. The van der Waals surface area contributed by atoms with Crippen molar-refractivity contribution in [1.29, 1.82) is 5.26 Å². The van der Waals surface area contributed by atoms with Crippen molar-refractivity contribution in [2.45, 2.75) is 17.3 Å². The Morgan fingerprint density at radius 1 is 1.19 bits per heavy atom. The van der Waals surface area contributed by atoms with Crippen molar-refractivity contribution in [3.63, 3.8) is 0 Å². The molecule has 1 aromatic heterocycles. The molecule has 130 valence electrons. The number of nitriles is 1. The number of aromatic nitrogens is 3. The highest BCUT2D eigenvalue weighted by molar-refractivity contribution is 8.00. The molecule has 0 aliphatic rings. The van der Waals surface area contributed by atoms with E-state index in [0.29, 0.717) is 16.4 Å². The summed E-state index contributed by atoms with van der Waals surface area (Å²) in [6.07, 6.45) is 0. The quantitative estimate of drug-likeness (QED) is 0.702. The van der Waals surface area contributed by atoms with E-state index in [0.717, 1.165) is 11.4 Å². The lowest BCUT2D eigenvalue weighted by molar-refractivity contribution is -0.115. The van der Waals surface area contributed by atoms with Crippen molar-refractivity contribution >= 4 is 23.4 Å². The fourth-order valence-corrected chi connectivity index (χ4v) is 3.19. The number of rotatable bonds is 5. The van der Waals surface area contributed by atoms with Crippen molar-refractivity contribution in [1.82, 2.24) is 14.8 Å². The van der Waals surface area contributed by atoms with Gasteiger partial charge in [0.25, 0.3) is 0 Å². The number of nitrogens with one attached hydrogen (secondary N) is 1. The number of thioether (sulfide) groups is 1. The molecule has 1 heterocycles. The van der Waals surface area contributed by atoms with E-state index < -0.39 is 0 Å². The summed E-state index contributed by atoms with van der Waals surface area (Å²) in [6, 6.07) is 18.7. The summed E-state index contributed by atoms with van der Waals surface area (Å²) < 4.78 is 1.88. The third-order valence-corrected chi connectivity index (χ3v) is 4.91. The second-order valence-corrected chi connectivity index (χ2v) is 6.98. The molecule has 3 aromatic rings. The Bertz CT molecular complexity index is 962. The number of nitrogens with zero attached hydrogens (tertiary/aromatic N) is 4. The Balaban J connectivity index is 1.70. The van der Waals surface area contributed by atoms with E-state index in [-0.39, 0.29) is 11.2 Å². The van der Waals surface area contributed by atoms with Gasteiger partial charge in [-0.3, -0.25) is 4.79 Å². The van der Waals surface area contributed by atoms with Crippen LogP contribution in [0.1, 0.15) is 12.5 Å². The summed E-state index contributed by atoms with van der Waals surface area (Å²) in [5.74, 6) is 0.594. The minimum absolute atomic E-state index is 0.158. The van der Waals surface area contributed by atoms with Crippen LogP contribution in [0.2, 0.25) is 0 Å². The average Bonchev–Trinajstić information content (AvgIpc) is 3.03. The van der Waals surface area contributed by atoms with Crippen LogP contribution < -0.4 is 5.32 Å². The van der Waals surface area contributed by atoms with Crippen LogP contribution in [-0.2, 0) is 11.8 Å². The molecule has 0 fully saturated rings. The molecule has 6 nitrogen and oxygen atoms in total. The zero-order valence-corrected chi connectivity index (χ0v) is 15.2. The minimum Gasteiger partial charge on any atom is -0.325 e. The zero-order valence-electron chi connectivity index (χ0n) is 14.4. The van der Waals surface area contributed by atoms with E-state index in [1.54, 1.807) is 24.3 Å². The second-order valence-electron chi connectivity index (χ2n) is 5.67. The van der Waals surface area contributed by atoms with E-state index in [1.165, 1.54) is 11.8 Å². The molecule has 1 amide bonds. The van der Waals surface area contributed by atoms with Gasteiger partial charge in [-0.15, -0.1) is 10.2 Å². The first-order valence-corrected chi connectivity index (χ1v) is 8.89. The summed E-state index contributed by atoms with van der Waals surface area (Å²) in [7, 11) is 1.88. The maximum atomic E-state index is 12.4. The van der Waals surface area contributed by atoms with Gasteiger partial charge in [-0.2, -0.15) is 5.26 Å². The topological polar surface area (TPSA) is 83.6 Å². The van der Waals surface area contributed by atoms with Crippen LogP contribution >= 0.6 is 11.8 Å². The first-order chi connectivity index (χ1) is 12.6. The van der Waals surface area contributed by atoms with Crippen molar-refractivity contribution in [3.05, 3.63) is 60.2 Å². The van der Waals surface area contributed by atoms with Gasteiger partial charge >= 0.3 is 0 Å². The van der Waals surface area contributed by atoms with Gasteiger partial charge in [0.15, 0.2) is 11.0 Å². The Kier molecular flexibility index (Phi) is 5.34. The highest BCUT2D eigenvalue weighted by Crippen LogP contribution is 2.26. The maximum Gasteiger partial charge on any atom is 0.237 e. The van der Waals surface area contributed by atoms with Crippen molar-refractivity contribution < 1.29 is 4.79 Å². The Labute approximate surface area is 155 Å². The SMILES string of the molecule is C[C@@H](Sc1nnc(-c2ccccc2)n1C)C(=O)Nc1cccc(C#N)c1. The van der Waals surface area contributed by atoms with Crippen LogP contribution in [0.4, 0.5) is 5.69 Å². The monoisotopic (exact) mass is 363 g/mol. The molecule has 0 saturated carbocycles. The molecule has 7 heteroatoms. The molecule has 1 N–H and O–H groups in total. The average molecular weight is 363 g/mol. The molecule has 3 rings (SSSR count). The second kappa shape index (κ2) is 7.85. The molecule has 0 aliphatic carbocycles. The highest BCUT2D eigenvalue weighted by atomic mass is 32.2. The Hall–Kier alpha value is -3.11. The molecule has 2 aromatic carbocycles. The highest BCUT2D eigenvalue weighted by Gasteiger charge is 2.19. The summed E-state index contributed by atoms with van der Waals surface area (Å²) >= 11 is 1.34. The molecule has 0 aliphatic heterocycles. The van der Waals surface area contributed by atoms with Gasteiger partial charge in [0.1, 0.15) is 0 Å². The van der Waals surface area contributed by atoms with Crippen LogP contribution in [-0.4, -0.2) is 25.9 Å². The van der Waals surface area contributed by atoms with Gasteiger partial charge in [-0.1, -0.05) is 48.2 Å². The van der Waals surface area contributed by atoms with E-state index in [1.807, 2.05) is 48.9 Å². The number of carbonyl (C=O) groups is 1. The van der Waals surface area contributed by atoms with Gasteiger partial charge in [-0.05, 0) is 25.1 Å². The minimum atomic E-state index is -0.368. The van der Waals surface area contributed by atoms with Gasteiger partial charge in [-0.25, -0.2) is 0 Å². The number of hydrogen-bond acceptors (Lipinski definition) is 5. The summed E-state index contributed by atoms with van der Waals surface area (Å²) in [5.41, 5.74) is 2.08. The largest absolute Gasteiger partial charge is 0.325 e. The Morgan fingerprint density at radius 2 is 1.96 bits per heavy atom. The molecule has 0 bridgehead atoms. The number of carbonyl (C=O) groups excluding carboxylic acids is 1. The number of anilines is 1. The van der Waals surface area contributed by atoms with Crippen LogP contribution in [0.25, 0.3) is 11.4 Å². The standard InChI is InChI=1S/C19H17N5OS/c1-13(18(25)21-16-10-6-7-14(11-16)12-20)26-19-23-22-17(24(19)2)15-8-4-3-5-9-15/h3-11,13H,1-2H3,(H,21,25)/t13-/m1/s1. The van der Waals surface area contributed by atoms with E-state index in [4.69, 9.17) is 5.26 Å². The van der Waals surface area contributed by atoms with Crippen molar-refractivity contribution in [2.24, 2.45) is 7.05 Å². The first-order valence-electron chi connectivity index (χ1n) is 8.01. The van der Waals surface area contributed by atoms with Crippen molar-refractivity contribution in [2.75, 3.05) is 5.32 Å². The lowest BCUT2D eigenvalue weighted by Crippen LogP contribution is -2.22. The van der Waals surface area contributed by atoms with Crippen LogP contribution in [0, 0.1) is 11.3 Å². The van der Waals surface area contributed by atoms with Crippen LogP contribution in [0.3, 0.4) is 0 Å². The van der Waals surface area contributed by atoms with E-state index >= 15 is 0 Å². The first kappa shape index (κ1) is 17.7. The van der Waals surface area contributed by atoms with Gasteiger partial charge in [0.2, 0.25) is 5.91 Å². The fourth-order valence-electron chi connectivity index (χ4n) is 2.38. The maximum absolute atomic E-state index is 12.4. The molecular formula is C19H17N5OS. The molecule has 0 spiro atoms. The van der Waals surface area contributed by atoms with Gasteiger partial charge < -0.3 is 9.88 Å². The molecule has 0 radical (unpaired) electrons. The Morgan fingerprint density at radius 3 is 2.69 bits per heavy atom. The normalized spacial score (nSPS) is 11.6. The molecule has 0 saturated heterocycles. The fraction of sp³-hybridized carbons (Fsp3) is 0.158. The number of amides is 1. The summed E-state index contributed by atoms with van der Waals surface area (Å²) in [5, 5.41) is 20.5. The molecule has 0 unspecified atom stereocenters. The smallest absolute Gasteiger partial charge is 0.237 e. The van der Waals surface area contributed by atoms with Gasteiger partial charge in [0, 0.05) is 18.3 Å². The lowest BCUT2D eigenvalue weighted by Gasteiger charge is -2.12. The van der Waals surface area contributed by atoms with E-state index in [2.05, 4.69) is 21.6 Å². The van der Waals surface area contributed by atoms with Crippen LogP contribution in [0.5, 0.6) is 0 Å². The third-order valence-electron chi connectivity index (χ3n) is 3.78. The predicted molar refractivity (Wildman–Crippen MR) is 102 cm³/mol. The summed E-state index contributed by atoms with van der Waals surface area (Å²) in [4.78, 5) is 12.4. The van der Waals surface area contributed by atoms with Crippen molar-refractivity contribution in [3.8, 4) is 17.5 Å². The predicted octanol–water partition coefficient (Wildman–Crippen LogP) is 3.47. The molecule has 1 atom stereocenters.